The molecule has 0 aliphatic rings. The number of nitrogens with one attached hydrogen (secondary N) is 1. The Hall–Kier alpha value is -2.44. The number of aromatic nitrogens is 1. The summed E-state index contributed by atoms with van der Waals surface area (Å²) < 4.78 is 9.25. The van der Waals surface area contributed by atoms with E-state index in [4.69, 9.17) is 4.74 Å². The van der Waals surface area contributed by atoms with Crippen LogP contribution < -0.4 is 5.32 Å². The van der Waals surface area contributed by atoms with E-state index >= 15 is 0 Å². The van der Waals surface area contributed by atoms with Gasteiger partial charge in [-0.2, -0.15) is 0 Å². The van der Waals surface area contributed by atoms with Crippen molar-refractivity contribution in [2.75, 3.05) is 20.8 Å². The molecule has 0 fully saturated rings. The second-order valence-corrected chi connectivity index (χ2v) is 4.44. The van der Waals surface area contributed by atoms with Gasteiger partial charge in [0, 0.05) is 6.20 Å². The molecule has 1 rings (SSSR count). The van der Waals surface area contributed by atoms with Crippen LogP contribution in [0.25, 0.3) is 0 Å². The van der Waals surface area contributed by atoms with Crippen LogP contribution in [0.5, 0.6) is 0 Å². The molecular weight excluding hydrogens is 288 g/mol. The minimum Gasteiger partial charge on any atom is -0.468 e. The summed E-state index contributed by atoms with van der Waals surface area (Å²) in [6, 6.07) is 0. The second kappa shape index (κ2) is 8.11. The van der Waals surface area contributed by atoms with E-state index in [0.29, 0.717) is 24.1 Å². The number of aryl methyl sites for hydroxylation is 2. The molecule has 120 valence electrons. The van der Waals surface area contributed by atoms with Crippen LogP contribution in [0.15, 0.2) is 6.20 Å². The monoisotopic (exact) mass is 308 g/mol. The fourth-order valence-electron chi connectivity index (χ4n) is 2.02. The lowest BCUT2D eigenvalue weighted by Crippen LogP contribution is -2.33. The summed E-state index contributed by atoms with van der Waals surface area (Å²) >= 11 is 0. The summed E-state index contributed by atoms with van der Waals surface area (Å²) in [6.45, 7) is 3.40. The molecular formula is C15H20N2O5. The second-order valence-electron chi connectivity index (χ2n) is 4.44. The van der Waals surface area contributed by atoms with E-state index in [0.717, 1.165) is 0 Å². The van der Waals surface area contributed by atoms with Gasteiger partial charge in [-0.05, 0) is 18.4 Å². The third-order valence-electron chi connectivity index (χ3n) is 3.19. The predicted octanol–water partition coefficient (Wildman–Crippen LogP) is 0.896. The SMILES string of the molecule is CCc1cnc(CC)c(C(=O)NCC(=O)OC)c1C(=O)OC. The molecule has 0 aliphatic carbocycles. The van der Waals surface area contributed by atoms with E-state index in [1.165, 1.54) is 14.2 Å². The fraction of sp³-hybridized carbons (Fsp3) is 0.467. The lowest BCUT2D eigenvalue weighted by atomic mass is 9.97. The smallest absolute Gasteiger partial charge is 0.339 e. The van der Waals surface area contributed by atoms with E-state index in [1.807, 2.05) is 13.8 Å². The van der Waals surface area contributed by atoms with Gasteiger partial charge in [-0.25, -0.2) is 4.79 Å². The Balaban J connectivity index is 3.32. The standard InChI is InChI=1S/C15H20N2O5/c1-5-9-7-16-10(6-2)13(12(9)15(20)22-4)14(19)17-8-11(18)21-3/h7H,5-6,8H2,1-4H3,(H,17,19). The molecule has 1 aromatic heterocycles. The van der Waals surface area contributed by atoms with Crippen molar-refractivity contribution in [3.63, 3.8) is 0 Å². The lowest BCUT2D eigenvalue weighted by Gasteiger charge is -2.15. The van der Waals surface area contributed by atoms with Crippen molar-refractivity contribution in [3.8, 4) is 0 Å². The molecule has 1 aromatic rings. The van der Waals surface area contributed by atoms with Crippen molar-refractivity contribution in [2.45, 2.75) is 26.7 Å². The first kappa shape index (κ1) is 17.6. The number of amides is 1. The molecule has 0 radical (unpaired) electrons. The number of hydrogen-bond donors (Lipinski definition) is 1. The Labute approximate surface area is 129 Å². The summed E-state index contributed by atoms with van der Waals surface area (Å²) in [4.78, 5) is 39.8. The highest BCUT2D eigenvalue weighted by Crippen LogP contribution is 2.20. The number of carbonyl (C=O) groups excluding carboxylic acids is 3. The first-order valence-corrected chi connectivity index (χ1v) is 6.94. The van der Waals surface area contributed by atoms with Gasteiger partial charge >= 0.3 is 11.9 Å². The first-order chi connectivity index (χ1) is 10.5. The average Bonchev–Trinajstić information content (AvgIpc) is 2.56. The zero-order valence-corrected chi connectivity index (χ0v) is 13.2. The number of ether oxygens (including phenoxy) is 2. The highest BCUT2D eigenvalue weighted by Gasteiger charge is 2.25. The fourth-order valence-corrected chi connectivity index (χ4v) is 2.02. The molecule has 0 saturated heterocycles. The van der Waals surface area contributed by atoms with E-state index in [2.05, 4.69) is 15.0 Å². The maximum absolute atomic E-state index is 12.4. The maximum atomic E-state index is 12.4. The van der Waals surface area contributed by atoms with Gasteiger partial charge in [0.25, 0.3) is 5.91 Å². The van der Waals surface area contributed by atoms with Crippen molar-refractivity contribution in [1.82, 2.24) is 10.3 Å². The molecule has 0 saturated carbocycles. The molecule has 7 nitrogen and oxygen atoms in total. The van der Waals surface area contributed by atoms with Crippen LogP contribution in [-0.2, 0) is 27.1 Å². The molecule has 0 bridgehead atoms. The van der Waals surface area contributed by atoms with Gasteiger partial charge in [0.2, 0.25) is 0 Å². The number of nitrogens with zero attached hydrogens (tertiary/aromatic N) is 1. The van der Waals surface area contributed by atoms with Crippen molar-refractivity contribution < 1.29 is 23.9 Å². The van der Waals surface area contributed by atoms with Crippen LogP contribution in [0.3, 0.4) is 0 Å². The summed E-state index contributed by atoms with van der Waals surface area (Å²) in [5.74, 6) is -1.73. The highest BCUT2D eigenvalue weighted by molar-refractivity contribution is 6.07. The Morgan fingerprint density at radius 2 is 1.77 bits per heavy atom. The number of hydrogen-bond acceptors (Lipinski definition) is 6. The molecule has 22 heavy (non-hydrogen) atoms. The van der Waals surface area contributed by atoms with Crippen molar-refractivity contribution >= 4 is 17.8 Å². The normalized spacial score (nSPS) is 10.0. The van der Waals surface area contributed by atoms with Gasteiger partial charge in [-0.15, -0.1) is 0 Å². The molecule has 0 aromatic carbocycles. The maximum Gasteiger partial charge on any atom is 0.339 e. The first-order valence-electron chi connectivity index (χ1n) is 6.94. The predicted molar refractivity (Wildman–Crippen MR) is 78.7 cm³/mol. The molecule has 0 spiro atoms. The largest absolute Gasteiger partial charge is 0.468 e. The van der Waals surface area contributed by atoms with Crippen molar-refractivity contribution in [1.29, 1.82) is 0 Å². The highest BCUT2D eigenvalue weighted by atomic mass is 16.5. The van der Waals surface area contributed by atoms with Crippen molar-refractivity contribution in [3.05, 3.63) is 28.6 Å². The van der Waals surface area contributed by atoms with Crippen LogP contribution in [0.4, 0.5) is 0 Å². The third kappa shape index (κ3) is 3.81. The van der Waals surface area contributed by atoms with Gasteiger partial charge in [0.1, 0.15) is 6.54 Å². The minimum atomic E-state index is -0.600. The number of methoxy groups -OCH3 is 2. The molecule has 7 heteroatoms. The van der Waals surface area contributed by atoms with Gasteiger partial charge in [0.05, 0.1) is 31.0 Å². The van der Waals surface area contributed by atoms with E-state index < -0.39 is 17.8 Å². The lowest BCUT2D eigenvalue weighted by molar-refractivity contribution is -0.139. The Bertz CT molecular complexity index is 584. The summed E-state index contributed by atoms with van der Waals surface area (Å²) in [6.07, 6.45) is 2.57. The van der Waals surface area contributed by atoms with Crippen LogP contribution in [0.2, 0.25) is 0 Å². The molecule has 1 heterocycles. The van der Waals surface area contributed by atoms with Crippen LogP contribution in [0.1, 0.15) is 45.8 Å². The molecule has 0 atom stereocenters. The van der Waals surface area contributed by atoms with Gasteiger partial charge < -0.3 is 14.8 Å². The van der Waals surface area contributed by atoms with E-state index in [1.54, 1.807) is 6.20 Å². The summed E-state index contributed by atoms with van der Waals surface area (Å²) in [7, 11) is 2.48. The number of esters is 2. The van der Waals surface area contributed by atoms with Crippen molar-refractivity contribution in [2.24, 2.45) is 0 Å². The minimum absolute atomic E-state index is 0.151. The molecule has 0 aliphatic heterocycles. The Morgan fingerprint density at radius 1 is 1.09 bits per heavy atom. The zero-order chi connectivity index (χ0) is 16.7. The van der Waals surface area contributed by atoms with E-state index in [9.17, 15) is 14.4 Å². The third-order valence-corrected chi connectivity index (χ3v) is 3.19. The zero-order valence-electron chi connectivity index (χ0n) is 13.2. The Morgan fingerprint density at radius 3 is 2.27 bits per heavy atom. The average molecular weight is 308 g/mol. The number of carbonyl (C=O) groups is 3. The topological polar surface area (TPSA) is 94.6 Å². The van der Waals surface area contributed by atoms with Crippen LogP contribution >= 0.6 is 0 Å². The van der Waals surface area contributed by atoms with Crippen LogP contribution in [-0.4, -0.2) is 43.6 Å². The molecule has 0 unspecified atom stereocenters. The number of rotatable bonds is 6. The molecule has 1 N–H and O–H groups in total. The summed E-state index contributed by atoms with van der Waals surface area (Å²) in [5, 5.41) is 2.43. The van der Waals surface area contributed by atoms with Crippen LogP contribution in [0, 0.1) is 0 Å². The Kier molecular flexibility index (Phi) is 6.49. The summed E-state index contributed by atoms with van der Waals surface area (Å²) in [5.41, 5.74) is 1.43. The molecule has 1 amide bonds. The van der Waals surface area contributed by atoms with Gasteiger partial charge in [-0.1, -0.05) is 13.8 Å². The van der Waals surface area contributed by atoms with Gasteiger partial charge in [-0.3, -0.25) is 14.6 Å². The van der Waals surface area contributed by atoms with Gasteiger partial charge in [0.15, 0.2) is 0 Å². The van der Waals surface area contributed by atoms with E-state index in [-0.39, 0.29) is 17.7 Å². The quantitative estimate of drug-likeness (QED) is 0.784. The number of pyridine rings is 1.